The number of aromatic nitrogens is 2. The van der Waals surface area contributed by atoms with Crippen molar-refractivity contribution < 1.29 is 17.9 Å². The standard InChI is InChI=1S/C20H23N3O4S/c1-14-4-3-5-16(10-14)18(24)23-12-20(13-23)17(7-9-28(20,25)26)11-27-19-21-8-6-15(2)22-19/h3-6,8,10,17H,7,9,11-13H2,1-2H3/t17-/m0/s1. The fourth-order valence-electron chi connectivity index (χ4n) is 4.08. The molecule has 7 nitrogen and oxygen atoms in total. The Kier molecular flexibility index (Phi) is 4.61. The van der Waals surface area contributed by atoms with E-state index in [1.54, 1.807) is 23.2 Å². The Balaban J connectivity index is 1.48. The first-order valence-electron chi connectivity index (χ1n) is 9.31. The monoisotopic (exact) mass is 401 g/mol. The summed E-state index contributed by atoms with van der Waals surface area (Å²) in [6, 6.07) is 9.38. The summed E-state index contributed by atoms with van der Waals surface area (Å²) >= 11 is 0. The van der Waals surface area contributed by atoms with Crippen LogP contribution < -0.4 is 4.74 Å². The molecule has 4 rings (SSSR count). The summed E-state index contributed by atoms with van der Waals surface area (Å²) in [7, 11) is -3.28. The van der Waals surface area contributed by atoms with Gasteiger partial charge in [-0.2, -0.15) is 0 Å². The third-order valence-corrected chi connectivity index (χ3v) is 8.36. The molecule has 0 saturated carbocycles. The van der Waals surface area contributed by atoms with Crippen molar-refractivity contribution in [1.29, 1.82) is 0 Å². The lowest BCUT2D eigenvalue weighted by molar-refractivity contribution is 0.0403. The van der Waals surface area contributed by atoms with E-state index in [2.05, 4.69) is 9.97 Å². The average Bonchev–Trinajstić information content (AvgIpc) is 2.88. The molecular weight excluding hydrogens is 378 g/mol. The van der Waals surface area contributed by atoms with Crippen LogP contribution in [-0.2, 0) is 9.84 Å². The molecule has 2 aliphatic heterocycles. The van der Waals surface area contributed by atoms with Crippen LogP contribution in [0.4, 0.5) is 0 Å². The maximum absolute atomic E-state index is 12.8. The van der Waals surface area contributed by atoms with Gasteiger partial charge in [0.2, 0.25) is 0 Å². The third kappa shape index (κ3) is 3.15. The zero-order valence-corrected chi connectivity index (χ0v) is 16.8. The number of hydrogen-bond acceptors (Lipinski definition) is 6. The van der Waals surface area contributed by atoms with Crippen LogP contribution in [-0.4, -0.2) is 59.4 Å². The first-order chi connectivity index (χ1) is 13.3. The molecule has 2 fully saturated rings. The number of benzene rings is 1. The van der Waals surface area contributed by atoms with Crippen LogP contribution in [0.3, 0.4) is 0 Å². The number of carbonyl (C=O) groups is 1. The molecule has 3 heterocycles. The summed E-state index contributed by atoms with van der Waals surface area (Å²) in [5.74, 6) is -0.177. The maximum atomic E-state index is 12.8. The first kappa shape index (κ1) is 18.9. The van der Waals surface area contributed by atoms with E-state index in [9.17, 15) is 13.2 Å². The molecule has 2 aromatic rings. The van der Waals surface area contributed by atoms with Gasteiger partial charge in [-0.3, -0.25) is 4.79 Å². The van der Waals surface area contributed by atoms with Crippen LogP contribution in [0, 0.1) is 19.8 Å². The predicted molar refractivity (Wildman–Crippen MR) is 104 cm³/mol. The molecule has 1 spiro atoms. The molecule has 0 N–H and O–H groups in total. The minimum Gasteiger partial charge on any atom is -0.463 e. The van der Waals surface area contributed by atoms with E-state index in [0.29, 0.717) is 12.0 Å². The second-order valence-electron chi connectivity index (χ2n) is 7.69. The number of sulfone groups is 1. The Morgan fingerprint density at radius 1 is 1.29 bits per heavy atom. The predicted octanol–water partition coefficient (Wildman–Crippen LogP) is 1.80. The van der Waals surface area contributed by atoms with Gasteiger partial charge in [-0.1, -0.05) is 17.7 Å². The lowest BCUT2D eigenvalue weighted by atomic mass is 9.83. The zero-order valence-electron chi connectivity index (χ0n) is 16.0. The molecule has 0 radical (unpaired) electrons. The topological polar surface area (TPSA) is 89.5 Å². The van der Waals surface area contributed by atoms with Gasteiger partial charge in [-0.25, -0.2) is 18.4 Å². The number of ether oxygens (including phenoxy) is 1. The quantitative estimate of drug-likeness (QED) is 0.776. The van der Waals surface area contributed by atoms with E-state index >= 15 is 0 Å². The summed E-state index contributed by atoms with van der Waals surface area (Å²) in [5, 5.41) is 0. The lowest BCUT2D eigenvalue weighted by Gasteiger charge is -2.49. The Labute approximate surface area is 164 Å². The molecule has 1 aromatic carbocycles. The van der Waals surface area contributed by atoms with Crippen molar-refractivity contribution in [1.82, 2.24) is 14.9 Å². The number of hydrogen-bond donors (Lipinski definition) is 0. The molecule has 28 heavy (non-hydrogen) atoms. The van der Waals surface area contributed by atoms with Crippen LogP contribution in [0.15, 0.2) is 36.5 Å². The highest BCUT2D eigenvalue weighted by atomic mass is 32.2. The van der Waals surface area contributed by atoms with E-state index in [4.69, 9.17) is 4.74 Å². The van der Waals surface area contributed by atoms with Crippen LogP contribution >= 0.6 is 0 Å². The fraction of sp³-hybridized carbons (Fsp3) is 0.450. The first-order valence-corrected chi connectivity index (χ1v) is 11.0. The second-order valence-corrected chi connectivity index (χ2v) is 10.1. The molecule has 2 saturated heterocycles. The SMILES string of the molecule is Cc1cccc(C(=O)N2CC3(C2)[C@H](COc2nccc(C)n2)CCS3(=O)=O)c1. The van der Waals surface area contributed by atoms with Crippen LogP contribution in [0.1, 0.15) is 28.0 Å². The highest BCUT2D eigenvalue weighted by Gasteiger charge is 2.62. The third-order valence-electron chi connectivity index (χ3n) is 5.75. The number of amides is 1. The Hall–Kier alpha value is -2.48. The molecule has 1 atom stereocenters. The number of rotatable bonds is 4. The molecule has 148 valence electrons. The minimum absolute atomic E-state index is 0.127. The molecule has 0 bridgehead atoms. The summed E-state index contributed by atoms with van der Waals surface area (Å²) < 4.78 is 30.3. The van der Waals surface area contributed by atoms with Crippen molar-refractivity contribution in [2.24, 2.45) is 5.92 Å². The summed E-state index contributed by atoms with van der Waals surface area (Å²) in [5.41, 5.74) is 2.38. The summed E-state index contributed by atoms with van der Waals surface area (Å²) in [6.07, 6.45) is 2.14. The van der Waals surface area contributed by atoms with Gasteiger partial charge in [0.15, 0.2) is 9.84 Å². The molecular formula is C20H23N3O4S. The summed E-state index contributed by atoms with van der Waals surface area (Å²) in [4.78, 5) is 22.6. The second kappa shape index (κ2) is 6.84. The molecule has 8 heteroatoms. The Bertz CT molecular complexity index is 1020. The van der Waals surface area contributed by atoms with E-state index in [1.807, 2.05) is 32.0 Å². The molecule has 1 amide bonds. The molecule has 0 aliphatic carbocycles. The lowest BCUT2D eigenvalue weighted by Crippen LogP contribution is -2.68. The van der Waals surface area contributed by atoms with E-state index in [0.717, 1.165) is 11.3 Å². The van der Waals surface area contributed by atoms with Gasteiger partial charge >= 0.3 is 6.01 Å². The number of likely N-dealkylation sites (tertiary alicyclic amines) is 1. The normalized spacial score (nSPS) is 22.1. The smallest absolute Gasteiger partial charge is 0.316 e. The van der Waals surface area contributed by atoms with Crippen LogP contribution in [0.2, 0.25) is 0 Å². The molecule has 0 unspecified atom stereocenters. The minimum atomic E-state index is -3.28. The van der Waals surface area contributed by atoms with Gasteiger partial charge in [-0.15, -0.1) is 0 Å². The van der Waals surface area contributed by atoms with Crippen LogP contribution in [0.5, 0.6) is 6.01 Å². The van der Waals surface area contributed by atoms with Crippen molar-refractivity contribution in [2.75, 3.05) is 25.4 Å². The van der Waals surface area contributed by atoms with Gasteiger partial charge < -0.3 is 9.64 Å². The highest BCUT2D eigenvalue weighted by Crippen LogP contribution is 2.45. The Morgan fingerprint density at radius 3 is 2.79 bits per heavy atom. The average molecular weight is 401 g/mol. The van der Waals surface area contributed by atoms with Gasteiger partial charge in [0.05, 0.1) is 12.4 Å². The van der Waals surface area contributed by atoms with Gasteiger partial charge in [-0.05, 0) is 38.5 Å². The van der Waals surface area contributed by atoms with Crippen molar-refractivity contribution in [3.8, 4) is 6.01 Å². The van der Waals surface area contributed by atoms with Gasteiger partial charge in [0.25, 0.3) is 5.91 Å². The molecule has 2 aliphatic rings. The van der Waals surface area contributed by atoms with Gasteiger partial charge in [0, 0.05) is 36.5 Å². The van der Waals surface area contributed by atoms with E-state index in [1.165, 1.54) is 0 Å². The maximum Gasteiger partial charge on any atom is 0.316 e. The Morgan fingerprint density at radius 2 is 2.07 bits per heavy atom. The van der Waals surface area contributed by atoms with Gasteiger partial charge in [0.1, 0.15) is 4.75 Å². The highest BCUT2D eigenvalue weighted by molar-refractivity contribution is 7.93. The largest absolute Gasteiger partial charge is 0.463 e. The van der Waals surface area contributed by atoms with Crippen molar-refractivity contribution >= 4 is 15.7 Å². The van der Waals surface area contributed by atoms with Crippen molar-refractivity contribution in [2.45, 2.75) is 25.0 Å². The summed E-state index contributed by atoms with van der Waals surface area (Å²) in [6.45, 7) is 4.43. The fourth-order valence-corrected chi connectivity index (χ4v) is 6.48. The molecule has 1 aromatic heterocycles. The van der Waals surface area contributed by atoms with Crippen molar-refractivity contribution in [3.05, 3.63) is 53.3 Å². The van der Waals surface area contributed by atoms with Crippen molar-refractivity contribution in [3.63, 3.8) is 0 Å². The van der Waals surface area contributed by atoms with E-state index in [-0.39, 0.29) is 43.3 Å². The van der Waals surface area contributed by atoms with Crippen LogP contribution in [0.25, 0.3) is 0 Å². The number of aryl methyl sites for hydroxylation is 2. The number of nitrogens with zero attached hydrogens (tertiary/aromatic N) is 3. The van der Waals surface area contributed by atoms with E-state index < -0.39 is 14.6 Å². The zero-order chi connectivity index (χ0) is 19.9. The number of carbonyl (C=O) groups excluding carboxylic acids is 1.